The normalized spacial score (nSPS) is 55.0. The summed E-state index contributed by atoms with van der Waals surface area (Å²) in [5.74, 6) is 1.79. The summed E-state index contributed by atoms with van der Waals surface area (Å²) in [6, 6.07) is 0. The molecular weight excluding hydrogens is 408 g/mol. The highest BCUT2D eigenvalue weighted by Gasteiger charge is 2.71. The predicted octanol–water partition coefficient (Wildman–Crippen LogP) is 7.09. The predicted molar refractivity (Wildman–Crippen MR) is 133 cm³/mol. The number of rotatable bonds is 2. The van der Waals surface area contributed by atoms with E-state index >= 15 is 0 Å². The Kier molecular flexibility index (Phi) is 5.15. The molecule has 3 heteroatoms. The third-order valence-electron chi connectivity index (χ3n) is 13.5. The number of carboxylic acids is 1. The first-order valence-corrected chi connectivity index (χ1v) is 13.8. The third kappa shape index (κ3) is 2.75. The van der Waals surface area contributed by atoms with E-state index in [0.29, 0.717) is 23.7 Å². The molecule has 0 saturated heterocycles. The van der Waals surface area contributed by atoms with Gasteiger partial charge in [-0.3, -0.25) is 4.79 Å². The maximum atomic E-state index is 12.8. The number of aliphatic carboxylic acids is 1. The van der Waals surface area contributed by atoms with Crippen molar-refractivity contribution in [2.75, 3.05) is 0 Å². The molecule has 33 heavy (non-hydrogen) atoms. The van der Waals surface area contributed by atoms with Crippen LogP contribution in [0.4, 0.5) is 0 Å². The Morgan fingerprint density at radius 1 is 0.818 bits per heavy atom. The molecule has 0 aliphatic heterocycles. The molecule has 0 heterocycles. The number of hydrogen-bond acceptors (Lipinski definition) is 2. The first kappa shape index (κ1) is 23.9. The van der Waals surface area contributed by atoms with Crippen LogP contribution < -0.4 is 0 Å². The summed E-state index contributed by atoms with van der Waals surface area (Å²) in [5, 5.41) is 21.4. The van der Waals surface area contributed by atoms with E-state index in [1.165, 1.54) is 31.3 Å². The van der Waals surface area contributed by atoms with Gasteiger partial charge < -0.3 is 10.2 Å². The van der Waals surface area contributed by atoms with Crippen molar-refractivity contribution >= 4 is 5.97 Å². The molecule has 5 rings (SSSR count). The molecule has 5 saturated carbocycles. The van der Waals surface area contributed by atoms with Crippen molar-refractivity contribution in [3.8, 4) is 0 Å². The summed E-state index contributed by atoms with van der Waals surface area (Å²) in [5.41, 5.74) is 1.35. The van der Waals surface area contributed by atoms with Crippen molar-refractivity contribution in [2.45, 2.75) is 112 Å². The number of fused-ring (bicyclic) bond motifs is 7. The Balaban J connectivity index is 1.57. The van der Waals surface area contributed by atoms with Crippen molar-refractivity contribution in [1.82, 2.24) is 0 Å². The van der Waals surface area contributed by atoms with E-state index < -0.39 is 11.4 Å². The molecule has 0 spiro atoms. The zero-order chi connectivity index (χ0) is 24.2. The highest BCUT2D eigenvalue weighted by Crippen LogP contribution is 2.77. The average Bonchev–Trinajstić information content (AvgIpc) is 3.13. The summed E-state index contributed by atoms with van der Waals surface area (Å²) in [4.78, 5) is 12.8. The summed E-state index contributed by atoms with van der Waals surface area (Å²) >= 11 is 0. The molecule has 3 nitrogen and oxygen atoms in total. The van der Waals surface area contributed by atoms with Crippen LogP contribution in [0.1, 0.15) is 106 Å². The molecule has 186 valence electrons. The van der Waals surface area contributed by atoms with Gasteiger partial charge in [0.15, 0.2) is 0 Å². The second-order valence-electron chi connectivity index (χ2n) is 14.5. The standard InChI is InChI=1S/C30H48O3/c1-18(2)19-10-15-30(25(32)33)17-16-28(6)20(24(19)30)8-9-22-27(5)13-12-23(31)26(3,4)21(27)11-14-29(22,28)7/h19-24,31H,1,8-17H2,2-7H3,(H,32,33)/t19-,20+,21-,22+,23+,24?,27-,28+,29+,30-/m0/s1. The molecule has 0 aromatic carbocycles. The largest absolute Gasteiger partial charge is 0.481 e. The first-order valence-electron chi connectivity index (χ1n) is 13.8. The van der Waals surface area contributed by atoms with E-state index in [1.807, 2.05) is 0 Å². The van der Waals surface area contributed by atoms with Gasteiger partial charge >= 0.3 is 5.97 Å². The van der Waals surface area contributed by atoms with Crippen LogP contribution in [0.3, 0.4) is 0 Å². The Labute approximate surface area is 201 Å². The van der Waals surface area contributed by atoms with Crippen LogP contribution in [-0.2, 0) is 4.79 Å². The molecule has 1 unspecified atom stereocenters. The van der Waals surface area contributed by atoms with Crippen molar-refractivity contribution in [3.63, 3.8) is 0 Å². The van der Waals surface area contributed by atoms with Gasteiger partial charge in [0.25, 0.3) is 0 Å². The van der Waals surface area contributed by atoms with Crippen LogP contribution in [0, 0.1) is 56.7 Å². The summed E-state index contributed by atoms with van der Waals surface area (Å²) in [7, 11) is 0. The summed E-state index contributed by atoms with van der Waals surface area (Å²) in [6.07, 6.45) is 10.5. The minimum absolute atomic E-state index is 0.0202. The number of aliphatic hydroxyl groups is 1. The lowest BCUT2D eigenvalue weighted by atomic mass is 9.32. The zero-order valence-electron chi connectivity index (χ0n) is 22.0. The SMILES string of the molecule is C=C(C)[C@@H]1CC[C@]2(C(=O)O)CC[C@]3(C)[C@H](CC[C@@H]4[C@@]5(C)CC[C@@H](O)C(C)(C)[C@@H]5CC[C@]43C)C12. The quantitative estimate of drug-likeness (QED) is 0.436. The topological polar surface area (TPSA) is 57.5 Å². The van der Waals surface area contributed by atoms with Crippen LogP contribution in [0.2, 0.25) is 0 Å². The fraction of sp³-hybridized carbons (Fsp3) is 0.900. The minimum Gasteiger partial charge on any atom is -0.481 e. The number of allylic oxidation sites excluding steroid dienone is 1. The Morgan fingerprint density at radius 2 is 1.52 bits per heavy atom. The van der Waals surface area contributed by atoms with Gasteiger partial charge in [-0.2, -0.15) is 0 Å². The van der Waals surface area contributed by atoms with E-state index in [4.69, 9.17) is 0 Å². The van der Waals surface area contributed by atoms with E-state index in [-0.39, 0.29) is 33.7 Å². The summed E-state index contributed by atoms with van der Waals surface area (Å²) < 4.78 is 0. The van der Waals surface area contributed by atoms with Crippen molar-refractivity contribution in [3.05, 3.63) is 12.2 Å². The molecule has 5 aliphatic rings. The molecule has 0 aromatic rings. The number of aliphatic hydroxyl groups excluding tert-OH is 1. The maximum absolute atomic E-state index is 12.8. The van der Waals surface area contributed by atoms with Crippen LogP contribution >= 0.6 is 0 Å². The lowest BCUT2D eigenvalue weighted by Crippen LogP contribution is -2.67. The zero-order valence-corrected chi connectivity index (χ0v) is 22.0. The van der Waals surface area contributed by atoms with E-state index in [1.54, 1.807) is 0 Å². The lowest BCUT2D eigenvalue weighted by Gasteiger charge is -2.72. The molecule has 0 aromatic heterocycles. The molecule has 2 N–H and O–H groups in total. The maximum Gasteiger partial charge on any atom is 0.309 e. The highest BCUT2D eigenvalue weighted by atomic mass is 16.4. The van der Waals surface area contributed by atoms with Crippen LogP contribution in [-0.4, -0.2) is 22.3 Å². The molecule has 5 aliphatic carbocycles. The van der Waals surface area contributed by atoms with Crippen molar-refractivity contribution in [2.24, 2.45) is 56.7 Å². The van der Waals surface area contributed by atoms with Gasteiger partial charge in [0.2, 0.25) is 0 Å². The Morgan fingerprint density at radius 3 is 2.15 bits per heavy atom. The number of hydrogen-bond donors (Lipinski definition) is 2. The average molecular weight is 457 g/mol. The van der Waals surface area contributed by atoms with Crippen molar-refractivity contribution in [1.29, 1.82) is 0 Å². The molecule has 0 bridgehead atoms. The minimum atomic E-state index is -0.538. The van der Waals surface area contributed by atoms with Gasteiger partial charge in [-0.15, -0.1) is 0 Å². The van der Waals surface area contributed by atoms with Crippen LogP contribution in [0.15, 0.2) is 12.2 Å². The van der Waals surface area contributed by atoms with Crippen molar-refractivity contribution < 1.29 is 15.0 Å². The van der Waals surface area contributed by atoms with E-state index in [2.05, 4.69) is 48.1 Å². The van der Waals surface area contributed by atoms with Gasteiger partial charge in [0.05, 0.1) is 11.5 Å². The van der Waals surface area contributed by atoms with E-state index in [9.17, 15) is 15.0 Å². The van der Waals surface area contributed by atoms with E-state index in [0.717, 1.165) is 38.5 Å². The lowest BCUT2D eigenvalue weighted by molar-refractivity contribution is -0.248. The number of carboxylic acid groups (broad SMARTS) is 1. The molecule has 0 amide bonds. The number of carbonyl (C=O) groups is 1. The molecule has 0 radical (unpaired) electrons. The smallest absolute Gasteiger partial charge is 0.309 e. The second kappa shape index (κ2) is 7.11. The van der Waals surface area contributed by atoms with Gasteiger partial charge in [0, 0.05) is 0 Å². The van der Waals surface area contributed by atoms with Gasteiger partial charge in [0.1, 0.15) is 0 Å². The molecule has 5 fully saturated rings. The Bertz CT molecular complexity index is 861. The van der Waals surface area contributed by atoms with Gasteiger partial charge in [-0.05, 0) is 122 Å². The van der Waals surface area contributed by atoms with Gasteiger partial charge in [-0.1, -0.05) is 46.8 Å². The van der Waals surface area contributed by atoms with Crippen LogP contribution in [0.5, 0.6) is 0 Å². The molecule has 10 atom stereocenters. The fourth-order valence-electron chi connectivity index (χ4n) is 11.5. The first-order chi connectivity index (χ1) is 15.3. The second-order valence-corrected chi connectivity index (χ2v) is 14.5. The molecular formula is C30H48O3. The Hall–Kier alpha value is -0.830. The summed E-state index contributed by atoms with van der Waals surface area (Å²) in [6.45, 7) is 18.8. The monoisotopic (exact) mass is 456 g/mol. The highest BCUT2D eigenvalue weighted by molar-refractivity contribution is 5.76. The fourth-order valence-corrected chi connectivity index (χ4v) is 11.5. The van der Waals surface area contributed by atoms with Crippen LogP contribution in [0.25, 0.3) is 0 Å². The van der Waals surface area contributed by atoms with Gasteiger partial charge in [-0.25, -0.2) is 0 Å². The third-order valence-corrected chi connectivity index (χ3v) is 13.5.